The minimum atomic E-state index is -0.814. The van der Waals surface area contributed by atoms with E-state index >= 15 is 0 Å². The van der Waals surface area contributed by atoms with Crippen LogP contribution in [0.1, 0.15) is 51.7 Å². The van der Waals surface area contributed by atoms with E-state index in [1.165, 1.54) is 0 Å². The third-order valence-electron chi connectivity index (χ3n) is 3.83. The van der Waals surface area contributed by atoms with Crippen LogP contribution in [0.25, 0.3) is 0 Å². The highest BCUT2D eigenvalue weighted by molar-refractivity contribution is 5.97. The first kappa shape index (κ1) is 19.5. The number of benzene rings is 1. The van der Waals surface area contributed by atoms with Crippen LogP contribution in [0, 0.1) is 19.8 Å². The van der Waals surface area contributed by atoms with E-state index in [0.29, 0.717) is 18.9 Å². The lowest BCUT2D eigenvalue weighted by Gasteiger charge is -2.30. The van der Waals surface area contributed by atoms with Crippen LogP contribution < -0.4 is 10.1 Å². The summed E-state index contributed by atoms with van der Waals surface area (Å²) < 4.78 is 11.3. The highest BCUT2D eigenvalue weighted by atomic mass is 16.5. The van der Waals surface area contributed by atoms with Gasteiger partial charge in [0.2, 0.25) is 0 Å². The van der Waals surface area contributed by atoms with E-state index in [1.807, 2.05) is 39.8 Å². The number of anilines is 1. The summed E-state index contributed by atoms with van der Waals surface area (Å²) in [6.07, 6.45) is 1.58. The summed E-state index contributed by atoms with van der Waals surface area (Å²) >= 11 is 0. The Morgan fingerprint density at radius 3 is 2.26 bits per heavy atom. The second-order valence-electron chi connectivity index (χ2n) is 6.77. The minimum absolute atomic E-state index is 0.0939. The van der Waals surface area contributed by atoms with Crippen LogP contribution in [0.4, 0.5) is 5.69 Å². The number of hydrogen-bond acceptors (Lipinski definition) is 3. The van der Waals surface area contributed by atoms with Gasteiger partial charge in [0.1, 0.15) is 11.4 Å². The van der Waals surface area contributed by atoms with Crippen molar-refractivity contribution in [2.45, 2.75) is 60.0 Å². The van der Waals surface area contributed by atoms with Crippen molar-refractivity contribution in [1.29, 1.82) is 0 Å². The van der Waals surface area contributed by atoms with Gasteiger partial charge in [-0.25, -0.2) is 0 Å². The Balaban J connectivity index is 2.98. The maximum Gasteiger partial charge on any atom is 0.256 e. The lowest BCUT2D eigenvalue weighted by molar-refractivity contribution is -0.141. The molecule has 0 bridgehead atoms. The zero-order valence-electron chi connectivity index (χ0n) is 15.6. The topological polar surface area (TPSA) is 47.6 Å². The van der Waals surface area contributed by atoms with Gasteiger partial charge in [-0.05, 0) is 62.8 Å². The Kier molecular flexibility index (Phi) is 7.07. The predicted molar refractivity (Wildman–Crippen MR) is 95.2 cm³/mol. The summed E-state index contributed by atoms with van der Waals surface area (Å²) in [4.78, 5) is 12.8. The fourth-order valence-corrected chi connectivity index (χ4v) is 2.93. The molecule has 0 aromatic heterocycles. The molecule has 1 aromatic rings. The van der Waals surface area contributed by atoms with Gasteiger partial charge in [-0.1, -0.05) is 20.8 Å². The van der Waals surface area contributed by atoms with Gasteiger partial charge in [0.15, 0.2) is 0 Å². The molecular formula is C19H31NO3. The second-order valence-corrected chi connectivity index (χ2v) is 6.77. The average Bonchev–Trinajstić information content (AvgIpc) is 2.44. The van der Waals surface area contributed by atoms with Crippen LogP contribution in [0.2, 0.25) is 0 Å². The third-order valence-corrected chi connectivity index (χ3v) is 3.83. The van der Waals surface area contributed by atoms with Crippen LogP contribution in [0.3, 0.4) is 0 Å². The van der Waals surface area contributed by atoms with Crippen molar-refractivity contribution >= 4 is 11.6 Å². The molecule has 4 nitrogen and oxygen atoms in total. The molecule has 1 aromatic carbocycles. The first-order valence-electron chi connectivity index (χ1n) is 8.34. The number of carbonyl (C=O) groups is 1. The van der Waals surface area contributed by atoms with Crippen molar-refractivity contribution in [1.82, 2.24) is 0 Å². The molecule has 4 heteroatoms. The Labute approximate surface area is 140 Å². The average molecular weight is 321 g/mol. The van der Waals surface area contributed by atoms with Gasteiger partial charge in [-0.3, -0.25) is 4.79 Å². The van der Waals surface area contributed by atoms with Crippen LogP contribution >= 0.6 is 0 Å². The van der Waals surface area contributed by atoms with Gasteiger partial charge in [0.05, 0.1) is 7.11 Å². The van der Waals surface area contributed by atoms with Crippen molar-refractivity contribution in [3.63, 3.8) is 0 Å². The number of nitrogens with one attached hydrogen (secondary N) is 1. The van der Waals surface area contributed by atoms with E-state index in [9.17, 15) is 4.79 Å². The fourth-order valence-electron chi connectivity index (χ4n) is 2.93. The summed E-state index contributed by atoms with van der Waals surface area (Å²) in [7, 11) is 1.66. The number of rotatable bonds is 8. The van der Waals surface area contributed by atoms with Crippen LogP contribution in [-0.4, -0.2) is 25.2 Å². The molecule has 0 aliphatic heterocycles. The molecule has 23 heavy (non-hydrogen) atoms. The third kappa shape index (κ3) is 5.24. The van der Waals surface area contributed by atoms with Crippen molar-refractivity contribution in [3.05, 3.63) is 23.3 Å². The molecule has 0 unspecified atom stereocenters. The number of ether oxygens (including phenoxy) is 2. The molecule has 0 fully saturated rings. The Hall–Kier alpha value is -1.55. The fraction of sp³-hybridized carbons (Fsp3) is 0.632. The number of methoxy groups -OCH3 is 1. The summed E-state index contributed by atoms with van der Waals surface area (Å²) in [5.41, 5.74) is 1.97. The maximum atomic E-state index is 12.8. The smallest absolute Gasteiger partial charge is 0.256 e. The van der Waals surface area contributed by atoms with E-state index in [2.05, 4.69) is 19.2 Å². The van der Waals surface area contributed by atoms with E-state index in [4.69, 9.17) is 9.47 Å². The van der Waals surface area contributed by atoms with Crippen molar-refractivity contribution < 1.29 is 14.3 Å². The van der Waals surface area contributed by atoms with Gasteiger partial charge in [-0.15, -0.1) is 0 Å². The lowest BCUT2D eigenvalue weighted by Crippen LogP contribution is -2.44. The summed E-state index contributed by atoms with van der Waals surface area (Å²) in [5.74, 6) is 1.14. The normalized spacial score (nSPS) is 13.7. The Morgan fingerprint density at radius 2 is 1.83 bits per heavy atom. The molecule has 0 aliphatic carbocycles. The molecule has 0 heterocycles. The molecular weight excluding hydrogens is 290 g/mol. The first-order valence-corrected chi connectivity index (χ1v) is 8.34. The molecule has 1 atom stereocenters. The zero-order valence-corrected chi connectivity index (χ0v) is 15.6. The van der Waals surface area contributed by atoms with Gasteiger partial charge in [0.25, 0.3) is 5.91 Å². The number of amides is 1. The number of carbonyl (C=O) groups excluding carboxylic acids is 1. The molecule has 1 rings (SSSR count). The molecule has 0 aliphatic rings. The summed E-state index contributed by atoms with van der Waals surface area (Å²) in [5, 5.41) is 3.01. The Bertz CT molecular complexity index is 516. The maximum absolute atomic E-state index is 12.8. The minimum Gasteiger partial charge on any atom is -0.496 e. The standard InChI is InChI=1S/C19H31NO3/c1-8-9-23-19(6,12-13(2)3)18(21)20-16-10-14(4)17(22-7)15(5)11-16/h10-11,13H,8-9,12H2,1-7H3,(H,20,21)/t19-/m1/s1. The second kappa shape index (κ2) is 8.34. The van der Waals surface area contributed by atoms with Crippen LogP contribution in [-0.2, 0) is 9.53 Å². The van der Waals surface area contributed by atoms with E-state index < -0.39 is 5.60 Å². The van der Waals surface area contributed by atoms with Crippen molar-refractivity contribution in [3.8, 4) is 5.75 Å². The largest absolute Gasteiger partial charge is 0.496 e. The van der Waals surface area contributed by atoms with E-state index in [1.54, 1.807) is 7.11 Å². The van der Waals surface area contributed by atoms with Gasteiger partial charge >= 0.3 is 0 Å². The SMILES string of the molecule is CCCO[C@](C)(CC(C)C)C(=O)Nc1cc(C)c(OC)c(C)c1. The molecule has 1 amide bonds. The summed E-state index contributed by atoms with van der Waals surface area (Å²) in [6, 6.07) is 3.86. The van der Waals surface area contributed by atoms with Crippen LogP contribution in [0.15, 0.2) is 12.1 Å². The number of hydrogen-bond donors (Lipinski definition) is 1. The molecule has 0 saturated carbocycles. The molecule has 0 radical (unpaired) electrons. The van der Waals surface area contributed by atoms with Crippen molar-refractivity contribution in [2.24, 2.45) is 5.92 Å². The monoisotopic (exact) mass is 321 g/mol. The van der Waals surface area contributed by atoms with Gasteiger partial charge in [0, 0.05) is 12.3 Å². The number of aryl methyl sites for hydroxylation is 2. The molecule has 130 valence electrons. The summed E-state index contributed by atoms with van der Waals surface area (Å²) in [6.45, 7) is 12.7. The lowest BCUT2D eigenvalue weighted by atomic mass is 9.92. The quantitative estimate of drug-likeness (QED) is 0.768. The molecule has 0 saturated heterocycles. The van der Waals surface area contributed by atoms with Crippen LogP contribution in [0.5, 0.6) is 5.75 Å². The van der Waals surface area contributed by atoms with E-state index in [-0.39, 0.29) is 5.91 Å². The zero-order chi connectivity index (χ0) is 17.6. The highest BCUT2D eigenvalue weighted by Gasteiger charge is 2.35. The van der Waals surface area contributed by atoms with E-state index in [0.717, 1.165) is 29.0 Å². The van der Waals surface area contributed by atoms with Crippen molar-refractivity contribution in [2.75, 3.05) is 19.0 Å². The predicted octanol–water partition coefficient (Wildman–Crippen LogP) is 4.48. The highest BCUT2D eigenvalue weighted by Crippen LogP contribution is 2.28. The molecule has 0 spiro atoms. The van der Waals surface area contributed by atoms with Gasteiger partial charge in [-0.2, -0.15) is 0 Å². The van der Waals surface area contributed by atoms with Gasteiger partial charge < -0.3 is 14.8 Å². The Morgan fingerprint density at radius 1 is 1.26 bits per heavy atom. The molecule has 1 N–H and O–H groups in total. The first-order chi connectivity index (χ1) is 10.7.